The fourth-order valence-electron chi connectivity index (χ4n) is 2.30. The van der Waals surface area contributed by atoms with E-state index in [2.05, 4.69) is 27.7 Å². The molecule has 0 bridgehead atoms. The summed E-state index contributed by atoms with van der Waals surface area (Å²) in [6, 6.07) is 0.480. The molecule has 18 heavy (non-hydrogen) atoms. The van der Waals surface area contributed by atoms with E-state index in [1.54, 1.807) is 0 Å². The van der Waals surface area contributed by atoms with Crippen molar-refractivity contribution in [3.05, 3.63) is 0 Å². The number of halogens is 1. The number of unbranched alkanes of at least 4 members (excludes halogenated alkanes) is 1. The molecule has 2 aliphatic heterocycles. The van der Waals surface area contributed by atoms with Crippen LogP contribution in [0.2, 0.25) is 0 Å². The third-order valence-corrected chi connectivity index (χ3v) is 4.87. The highest BCUT2D eigenvalue weighted by Gasteiger charge is 2.42. The van der Waals surface area contributed by atoms with Crippen LogP contribution in [-0.2, 0) is 8.98 Å². The molecule has 0 spiro atoms. The predicted molar refractivity (Wildman–Crippen MR) is 76.3 cm³/mol. The first-order valence-electron chi connectivity index (χ1n) is 5.73. The highest BCUT2D eigenvalue weighted by molar-refractivity contribution is 8.00. The molecule has 2 rings (SSSR count). The van der Waals surface area contributed by atoms with Crippen molar-refractivity contribution in [2.45, 2.75) is 43.0 Å². The van der Waals surface area contributed by atoms with Crippen molar-refractivity contribution in [3.63, 3.8) is 0 Å². The van der Waals surface area contributed by atoms with Crippen LogP contribution < -0.4 is 10.6 Å². The summed E-state index contributed by atoms with van der Waals surface area (Å²) in [5.41, 5.74) is 0. The summed E-state index contributed by atoms with van der Waals surface area (Å²) in [5, 5.41) is 6.32. The van der Waals surface area contributed by atoms with E-state index in [0.29, 0.717) is 11.7 Å². The maximum Gasteiger partial charge on any atom is 0.317 e. The Morgan fingerprint density at radius 2 is 2.22 bits per heavy atom. The molecule has 0 radical (unpaired) electrons. The topological polar surface area (TPSA) is 67.4 Å². The largest absolute Gasteiger partial charge is 0.395 e. The Kier molecular flexibility index (Phi) is 6.45. The van der Waals surface area contributed by atoms with Crippen molar-refractivity contribution >= 4 is 49.1 Å². The van der Waals surface area contributed by atoms with E-state index in [-0.39, 0.29) is 36.5 Å². The third-order valence-electron chi connectivity index (χ3n) is 3.16. The number of amides is 2. The Hall–Kier alpha value is -0.270. The highest BCUT2D eigenvalue weighted by atomic mass is 35.5. The van der Waals surface area contributed by atoms with Gasteiger partial charge in [0.15, 0.2) is 0 Å². The van der Waals surface area contributed by atoms with Crippen molar-refractivity contribution in [1.29, 1.82) is 0 Å². The molecule has 2 saturated heterocycles. The van der Waals surface area contributed by atoms with Crippen LogP contribution in [0, 0.1) is 0 Å². The molecule has 5 nitrogen and oxygen atoms in total. The molecule has 0 aromatic rings. The molecule has 2 fully saturated rings. The molecule has 0 aromatic carbocycles. The van der Waals surface area contributed by atoms with Gasteiger partial charge in [0.05, 0.1) is 12.1 Å². The van der Waals surface area contributed by atoms with E-state index in [0.717, 1.165) is 25.0 Å². The van der Waals surface area contributed by atoms with Gasteiger partial charge >= 0.3 is 12.0 Å². The molecular formula is C10H17ClN2O3S2. The maximum absolute atomic E-state index is 11.2. The molecule has 2 amide bonds. The molecule has 0 aliphatic carbocycles. The summed E-state index contributed by atoms with van der Waals surface area (Å²) in [5.74, 6) is 0.702. The first-order valence-corrected chi connectivity index (χ1v) is 7.15. The van der Waals surface area contributed by atoms with Crippen molar-refractivity contribution < 1.29 is 13.8 Å². The first kappa shape index (κ1) is 15.8. The number of carbonyl (C=O) groups is 2. The Balaban J connectivity index is 0.00000162. The number of urea groups is 1. The Morgan fingerprint density at radius 1 is 1.44 bits per heavy atom. The van der Waals surface area contributed by atoms with Crippen molar-refractivity contribution in [1.82, 2.24) is 10.6 Å². The van der Waals surface area contributed by atoms with E-state index in [4.69, 9.17) is 0 Å². The molecular weight excluding hydrogens is 296 g/mol. The Morgan fingerprint density at radius 3 is 2.94 bits per heavy atom. The van der Waals surface area contributed by atoms with Crippen LogP contribution in [0.3, 0.4) is 0 Å². The molecule has 2 aliphatic rings. The normalized spacial score (nSPS) is 28.9. The summed E-state index contributed by atoms with van der Waals surface area (Å²) in [7, 11) is 0. The standard InChI is InChI=1S/C10H16N2O3S2.ClH/c13-8(15-16)4-2-1-3-7-9-6(5-17-7)11-10(14)12-9;/h6-7,9,16H,1-5H2,(H2,11,12,14);1H/t6-,7-,9-;/m1./s1. The zero-order valence-corrected chi connectivity index (χ0v) is 12.3. The van der Waals surface area contributed by atoms with Gasteiger partial charge in [-0.1, -0.05) is 6.42 Å². The number of fused-ring (bicyclic) bond motifs is 1. The minimum atomic E-state index is -0.277. The van der Waals surface area contributed by atoms with E-state index in [9.17, 15) is 9.59 Å². The van der Waals surface area contributed by atoms with Crippen LogP contribution in [0.4, 0.5) is 4.79 Å². The molecule has 2 N–H and O–H groups in total. The number of nitrogens with one attached hydrogen (secondary N) is 2. The zero-order valence-electron chi connectivity index (χ0n) is 9.76. The quantitative estimate of drug-likeness (QED) is 0.312. The monoisotopic (exact) mass is 312 g/mol. The molecule has 0 saturated carbocycles. The lowest BCUT2D eigenvalue weighted by Crippen LogP contribution is -2.36. The van der Waals surface area contributed by atoms with Crippen LogP contribution in [0.1, 0.15) is 25.7 Å². The first-order chi connectivity index (χ1) is 8.20. The number of thioether (sulfide) groups is 1. The van der Waals surface area contributed by atoms with Crippen molar-refractivity contribution in [2.24, 2.45) is 0 Å². The molecule has 0 unspecified atom stereocenters. The van der Waals surface area contributed by atoms with E-state index in [1.165, 1.54) is 0 Å². The van der Waals surface area contributed by atoms with E-state index < -0.39 is 0 Å². The van der Waals surface area contributed by atoms with Gasteiger partial charge in [0.2, 0.25) is 0 Å². The lowest BCUT2D eigenvalue weighted by atomic mass is 10.0. The lowest BCUT2D eigenvalue weighted by molar-refractivity contribution is -0.132. The van der Waals surface area contributed by atoms with Gasteiger partial charge < -0.3 is 14.8 Å². The third kappa shape index (κ3) is 3.86. The van der Waals surface area contributed by atoms with Gasteiger partial charge in [-0.25, -0.2) is 4.79 Å². The molecule has 104 valence electrons. The number of rotatable bonds is 5. The average molecular weight is 313 g/mol. The summed E-state index contributed by atoms with van der Waals surface area (Å²) >= 11 is 5.35. The van der Waals surface area contributed by atoms with Crippen LogP contribution >= 0.6 is 37.1 Å². The Bertz CT molecular complexity index is 319. The number of hydrogen-bond acceptors (Lipinski definition) is 5. The van der Waals surface area contributed by atoms with Gasteiger partial charge in [-0.3, -0.25) is 4.79 Å². The number of carbonyl (C=O) groups excluding carboxylic acids is 2. The van der Waals surface area contributed by atoms with Gasteiger partial charge in [-0.05, 0) is 12.8 Å². The number of thiol groups is 1. The van der Waals surface area contributed by atoms with Gasteiger partial charge in [0.1, 0.15) is 0 Å². The summed E-state index contributed by atoms with van der Waals surface area (Å²) in [6.45, 7) is 0. The lowest BCUT2D eigenvalue weighted by Gasteiger charge is -2.16. The Labute approximate surface area is 122 Å². The van der Waals surface area contributed by atoms with Crippen molar-refractivity contribution in [3.8, 4) is 0 Å². The van der Waals surface area contributed by atoms with Gasteiger partial charge in [0.25, 0.3) is 0 Å². The minimum Gasteiger partial charge on any atom is -0.395 e. The smallest absolute Gasteiger partial charge is 0.317 e. The van der Waals surface area contributed by atoms with Gasteiger partial charge in [-0.15, -0.1) is 12.4 Å². The molecule has 3 atom stereocenters. The number of hydrogen-bond donors (Lipinski definition) is 3. The maximum atomic E-state index is 11.2. The van der Waals surface area contributed by atoms with E-state index >= 15 is 0 Å². The van der Waals surface area contributed by atoms with Crippen LogP contribution in [0.15, 0.2) is 0 Å². The van der Waals surface area contributed by atoms with Crippen LogP contribution in [0.5, 0.6) is 0 Å². The average Bonchev–Trinajstić information content (AvgIpc) is 2.84. The summed E-state index contributed by atoms with van der Waals surface area (Å²) in [6.07, 6.45) is 3.22. The minimum absolute atomic E-state index is 0. The summed E-state index contributed by atoms with van der Waals surface area (Å²) < 4.78 is 4.29. The second kappa shape index (κ2) is 7.35. The fraction of sp³-hybridized carbons (Fsp3) is 0.800. The van der Waals surface area contributed by atoms with Crippen LogP contribution in [0.25, 0.3) is 0 Å². The SMILES string of the molecule is Cl.O=C1N[C@@H]2[C@@H](CS[C@@H]2CCCCC(=O)OS)N1. The van der Waals surface area contributed by atoms with Gasteiger partial charge in [0, 0.05) is 30.3 Å². The molecule has 0 aromatic heterocycles. The second-order valence-corrected chi connectivity index (χ2v) is 5.79. The van der Waals surface area contributed by atoms with E-state index in [1.807, 2.05) is 11.8 Å². The predicted octanol–water partition coefficient (Wildman–Crippen LogP) is 1.52. The van der Waals surface area contributed by atoms with Gasteiger partial charge in [-0.2, -0.15) is 11.8 Å². The zero-order chi connectivity index (χ0) is 12.3. The van der Waals surface area contributed by atoms with Crippen molar-refractivity contribution in [2.75, 3.05) is 5.75 Å². The fourth-order valence-corrected chi connectivity index (χ4v) is 3.94. The highest BCUT2D eigenvalue weighted by Crippen LogP contribution is 2.33. The van der Waals surface area contributed by atoms with Crippen LogP contribution in [-0.4, -0.2) is 35.1 Å². The molecule has 2 heterocycles. The summed E-state index contributed by atoms with van der Waals surface area (Å²) in [4.78, 5) is 22.0. The second-order valence-electron chi connectivity index (χ2n) is 4.33. The molecule has 8 heteroatoms.